The zero-order valence-corrected chi connectivity index (χ0v) is 12.0. The molecule has 0 aliphatic carbocycles. The zero-order chi connectivity index (χ0) is 15.0. The van der Waals surface area contributed by atoms with Crippen LogP contribution in [0.25, 0.3) is 5.52 Å². The Morgan fingerprint density at radius 1 is 1.52 bits per heavy atom. The lowest BCUT2D eigenvalue weighted by molar-refractivity contribution is -0.0136. The van der Waals surface area contributed by atoms with Gasteiger partial charge in [0.05, 0.1) is 24.9 Å². The Labute approximate surface area is 121 Å². The highest BCUT2D eigenvalue weighted by molar-refractivity contribution is 5.46. The van der Waals surface area contributed by atoms with E-state index in [4.69, 9.17) is 4.74 Å². The maximum Gasteiger partial charge on any atom is 0.242 e. The molecule has 7 nitrogen and oxygen atoms in total. The molecule has 1 fully saturated rings. The normalized spacial score (nSPS) is 22.9. The van der Waals surface area contributed by atoms with Gasteiger partial charge in [0.1, 0.15) is 11.3 Å². The molecule has 8 heteroatoms. The van der Waals surface area contributed by atoms with Gasteiger partial charge in [0, 0.05) is 12.5 Å². The third-order valence-corrected chi connectivity index (χ3v) is 3.53. The molecular formula is C13H18FN5O2. The molecule has 0 unspecified atom stereocenters. The van der Waals surface area contributed by atoms with Crippen LogP contribution in [0.15, 0.2) is 6.20 Å². The molecule has 1 aliphatic heterocycles. The van der Waals surface area contributed by atoms with Crippen molar-refractivity contribution in [3.8, 4) is 0 Å². The number of rotatable bonds is 3. The minimum atomic E-state index is -0.609. The number of imidazole rings is 1. The minimum Gasteiger partial charge on any atom is -0.389 e. The van der Waals surface area contributed by atoms with Crippen molar-refractivity contribution in [2.75, 3.05) is 18.5 Å². The molecule has 0 spiro atoms. The summed E-state index contributed by atoms with van der Waals surface area (Å²) in [6.07, 6.45) is 1.45. The summed E-state index contributed by atoms with van der Waals surface area (Å²) in [5.41, 5.74) is 0.247. The quantitative estimate of drug-likeness (QED) is 0.877. The van der Waals surface area contributed by atoms with Crippen LogP contribution < -0.4 is 5.32 Å². The second-order valence-corrected chi connectivity index (χ2v) is 5.48. The van der Waals surface area contributed by atoms with Crippen LogP contribution in [-0.2, 0) is 4.74 Å². The second kappa shape index (κ2) is 5.53. The highest BCUT2D eigenvalue weighted by atomic mass is 19.1. The average Bonchev–Trinajstić information content (AvgIpc) is 2.79. The van der Waals surface area contributed by atoms with Gasteiger partial charge in [0.25, 0.3) is 0 Å². The summed E-state index contributed by atoms with van der Waals surface area (Å²) in [5.74, 6) is 0.350. The molecule has 1 aliphatic rings. The number of nitrogens with zero attached hydrogens (tertiary/aromatic N) is 4. The second-order valence-electron chi connectivity index (χ2n) is 5.48. The van der Waals surface area contributed by atoms with Crippen LogP contribution in [0.1, 0.15) is 32.0 Å². The number of nitrogens with one attached hydrogen (secondary N) is 1. The smallest absolute Gasteiger partial charge is 0.242 e. The van der Waals surface area contributed by atoms with E-state index >= 15 is 0 Å². The van der Waals surface area contributed by atoms with Crippen LogP contribution in [0.2, 0.25) is 0 Å². The number of aliphatic hydroxyl groups excluding tert-OH is 1. The minimum absolute atomic E-state index is 0.0402. The molecule has 114 valence electrons. The lowest BCUT2D eigenvalue weighted by atomic mass is 10.1. The first-order chi connectivity index (χ1) is 10.1. The maximum absolute atomic E-state index is 13.7. The molecule has 1 saturated heterocycles. The van der Waals surface area contributed by atoms with Crippen LogP contribution in [-0.4, -0.2) is 50.0 Å². The predicted octanol–water partition coefficient (Wildman–Crippen LogP) is 0.948. The van der Waals surface area contributed by atoms with E-state index in [1.54, 1.807) is 0 Å². The van der Waals surface area contributed by atoms with Gasteiger partial charge in [-0.1, -0.05) is 13.8 Å². The van der Waals surface area contributed by atoms with Crippen molar-refractivity contribution >= 4 is 11.5 Å². The number of fused-ring (bicyclic) bond motifs is 1. The van der Waals surface area contributed by atoms with Crippen LogP contribution >= 0.6 is 0 Å². The van der Waals surface area contributed by atoms with Crippen molar-refractivity contribution in [1.29, 1.82) is 0 Å². The Bertz CT molecular complexity index is 645. The summed E-state index contributed by atoms with van der Waals surface area (Å²) in [5, 5.41) is 17.2. The van der Waals surface area contributed by atoms with Crippen molar-refractivity contribution in [3.05, 3.63) is 18.0 Å². The Hall–Kier alpha value is -1.80. The number of ether oxygens (including phenoxy) is 1. The Morgan fingerprint density at radius 2 is 2.33 bits per heavy atom. The Balaban J connectivity index is 1.91. The number of hydrogen-bond donors (Lipinski definition) is 2. The van der Waals surface area contributed by atoms with Gasteiger partial charge >= 0.3 is 0 Å². The van der Waals surface area contributed by atoms with Crippen molar-refractivity contribution in [3.63, 3.8) is 0 Å². The average molecular weight is 295 g/mol. The van der Waals surface area contributed by atoms with Crippen LogP contribution in [0.3, 0.4) is 0 Å². The molecule has 2 atom stereocenters. The number of anilines is 1. The third kappa shape index (κ3) is 2.68. The van der Waals surface area contributed by atoms with E-state index in [-0.39, 0.29) is 24.1 Å². The summed E-state index contributed by atoms with van der Waals surface area (Å²) < 4.78 is 20.4. The van der Waals surface area contributed by atoms with Crippen molar-refractivity contribution < 1.29 is 14.2 Å². The van der Waals surface area contributed by atoms with Crippen LogP contribution in [0.5, 0.6) is 0 Å². The van der Waals surface area contributed by atoms with Gasteiger partial charge in [0.2, 0.25) is 11.9 Å². The molecule has 3 rings (SSSR count). The Morgan fingerprint density at radius 3 is 3.05 bits per heavy atom. The maximum atomic E-state index is 13.7. The van der Waals surface area contributed by atoms with Gasteiger partial charge < -0.3 is 15.2 Å². The number of aliphatic hydroxyl groups is 1. The molecule has 0 amide bonds. The first kappa shape index (κ1) is 14.2. The standard InChI is InChI=1S/C13H18FN5O2/c1-7(2)12-17-11(14)9-5-15-13(18-19(9)12)16-8-3-4-21-6-10(8)20/h5,7-8,10,20H,3-4,6H2,1-2H3,(H,16,18)/t8-,10-/m1/s1. The van der Waals surface area contributed by atoms with E-state index in [2.05, 4.69) is 20.4 Å². The van der Waals surface area contributed by atoms with Gasteiger partial charge in [0.15, 0.2) is 0 Å². The number of aromatic nitrogens is 4. The molecule has 0 saturated carbocycles. The molecule has 0 bridgehead atoms. The van der Waals surface area contributed by atoms with Gasteiger partial charge in [-0.3, -0.25) is 0 Å². The van der Waals surface area contributed by atoms with E-state index in [9.17, 15) is 9.50 Å². The summed E-state index contributed by atoms with van der Waals surface area (Å²) >= 11 is 0. The van der Waals surface area contributed by atoms with E-state index < -0.39 is 12.1 Å². The predicted molar refractivity (Wildman–Crippen MR) is 73.7 cm³/mol. The largest absolute Gasteiger partial charge is 0.389 e. The highest BCUT2D eigenvalue weighted by Crippen LogP contribution is 2.18. The van der Waals surface area contributed by atoms with Crippen molar-refractivity contribution in [2.24, 2.45) is 0 Å². The molecule has 3 heterocycles. The van der Waals surface area contributed by atoms with Crippen LogP contribution in [0.4, 0.5) is 10.3 Å². The first-order valence-corrected chi connectivity index (χ1v) is 6.99. The summed E-state index contributed by atoms with van der Waals surface area (Å²) in [4.78, 5) is 7.98. The fraction of sp³-hybridized carbons (Fsp3) is 0.615. The molecule has 2 N–H and O–H groups in total. The van der Waals surface area contributed by atoms with Crippen LogP contribution in [0, 0.1) is 5.95 Å². The third-order valence-electron chi connectivity index (χ3n) is 3.53. The fourth-order valence-corrected chi connectivity index (χ4v) is 2.37. The molecule has 2 aromatic rings. The molecule has 21 heavy (non-hydrogen) atoms. The topological polar surface area (TPSA) is 84.6 Å². The first-order valence-electron chi connectivity index (χ1n) is 6.99. The van der Waals surface area contributed by atoms with Gasteiger partial charge in [-0.15, -0.1) is 5.10 Å². The summed E-state index contributed by atoms with van der Waals surface area (Å²) in [7, 11) is 0. The molecule has 0 radical (unpaired) electrons. The van der Waals surface area contributed by atoms with Crippen molar-refractivity contribution in [2.45, 2.75) is 38.3 Å². The van der Waals surface area contributed by atoms with E-state index in [0.29, 0.717) is 24.8 Å². The van der Waals surface area contributed by atoms with Gasteiger partial charge in [-0.25, -0.2) is 14.5 Å². The SMILES string of the molecule is CC(C)c1nc(F)c2cnc(N[C@@H]3CCOC[C@H]3O)nn12. The molecular weight excluding hydrogens is 277 g/mol. The molecule has 2 aromatic heterocycles. The van der Waals surface area contributed by atoms with Gasteiger partial charge in [-0.2, -0.15) is 4.39 Å². The number of hydrogen-bond acceptors (Lipinski definition) is 6. The summed E-state index contributed by atoms with van der Waals surface area (Å²) in [6, 6.07) is -0.174. The highest BCUT2D eigenvalue weighted by Gasteiger charge is 2.25. The lowest BCUT2D eigenvalue weighted by Gasteiger charge is -2.28. The van der Waals surface area contributed by atoms with Crippen molar-refractivity contribution in [1.82, 2.24) is 19.6 Å². The lowest BCUT2D eigenvalue weighted by Crippen LogP contribution is -2.42. The number of halogens is 1. The molecule has 0 aromatic carbocycles. The van der Waals surface area contributed by atoms with E-state index in [0.717, 1.165) is 0 Å². The Kier molecular flexibility index (Phi) is 3.73. The summed E-state index contributed by atoms with van der Waals surface area (Å²) in [6.45, 7) is 4.71. The fourth-order valence-electron chi connectivity index (χ4n) is 2.37. The zero-order valence-electron chi connectivity index (χ0n) is 12.0. The van der Waals surface area contributed by atoms with E-state index in [1.165, 1.54) is 10.7 Å². The van der Waals surface area contributed by atoms with E-state index in [1.807, 2.05) is 13.8 Å². The van der Waals surface area contributed by atoms with Gasteiger partial charge in [-0.05, 0) is 6.42 Å². The monoisotopic (exact) mass is 295 g/mol.